The first kappa shape index (κ1) is 35.2. The van der Waals surface area contributed by atoms with Crippen LogP contribution in [-0.4, -0.2) is 43.1 Å². The lowest BCUT2D eigenvalue weighted by Gasteiger charge is -2.19. The lowest BCUT2D eigenvalue weighted by Crippen LogP contribution is -2.18. The van der Waals surface area contributed by atoms with E-state index in [1.165, 1.54) is 46.9 Å². The Bertz CT molecular complexity index is 2140. The predicted molar refractivity (Wildman–Crippen MR) is 195 cm³/mol. The van der Waals surface area contributed by atoms with Crippen molar-refractivity contribution in [3.05, 3.63) is 108 Å². The van der Waals surface area contributed by atoms with E-state index in [2.05, 4.69) is 58.7 Å². The minimum absolute atomic E-state index is 0.0164. The molecule has 14 heteroatoms. The largest absolute Gasteiger partial charge is 0.418 e. The lowest BCUT2D eigenvalue weighted by molar-refractivity contribution is -0.137. The fourth-order valence-electron chi connectivity index (χ4n) is 5.00. The van der Waals surface area contributed by atoms with Crippen molar-refractivity contribution in [2.45, 2.75) is 41.9 Å². The zero-order valence-electron chi connectivity index (χ0n) is 27.1. The summed E-state index contributed by atoms with van der Waals surface area (Å²) in [6, 6.07) is 28.2. The van der Waals surface area contributed by atoms with Gasteiger partial charge in [-0.2, -0.15) is 13.2 Å². The molecule has 2 heterocycles. The number of halogens is 3. The Morgan fingerprint density at radius 2 is 1.48 bits per heavy atom. The molecule has 0 unspecified atom stereocenters. The average Bonchev–Trinajstić information content (AvgIpc) is 3.70. The molecule has 8 nitrogen and oxygen atoms in total. The second-order valence-electron chi connectivity index (χ2n) is 12.2. The molecular formula is C36H31F3N6O2S3. The van der Waals surface area contributed by atoms with Crippen molar-refractivity contribution in [2.24, 2.45) is 0 Å². The number of nitrogens with zero attached hydrogens (tertiary/aromatic N) is 4. The van der Waals surface area contributed by atoms with Crippen LogP contribution in [0.2, 0.25) is 0 Å². The van der Waals surface area contributed by atoms with E-state index in [0.29, 0.717) is 26.5 Å². The van der Waals surface area contributed by atoms with Gasteiger partial charge in [-0.15, -0.1) is 21.5 Å². The van der Waals surface area contributed by atoms with Gasteiger partial charge < -0.3 is 10.6 Å². The third kappa shape index (κ3) is 8.37. The molecule has 0 aliphatic heterocycles. The summed E-state index contributed by atoms with van der Waals surface area (Å²) in [6.45, 7) is 6.50. The van der Waals surface area contributed by atoms with Crippen molar-refractivity contribution in [1.29, 1.82) is 0 Å². The molecule has 2 amide bonds. The highest BCUT2D eigenvalue weighted by molar-refractivity contribution is 8.01. The predicted octanol–water partition coefficient (Wildman–Crippen LogP) is 9.32. The van der Waals surface area contributed by atoms with Crippen molar-refractivity contribution in [1.82, 2.24) is 19.7 Å². The van der Waals surface area contributed by atoms with Crippen molar-refractivity contribution < 1.29 is 22.8 Å². The smallest absolute Gasteiger partial charge is 0.325 e. The third-order valence-corrected chi connectivity index (χ3v) is 10.6. The number of alkyl halides is 3. The van der Waals surface area contributed by atoms with E-state index in [1.807, 2.05) is 47.0 Å². The van der Waals surface area contributed by atoms with Gasteiger partial charge in [0.05, 0.1) is 33.0 Å². The number of hydrogen-bond donors (Lipinski definition) is 2. The second kappa shape index (κ2) is 14.7. The summed E-state index contributed by atoms with van der Waals surface area (Å²) in [5.41, 5.74) is 3.07. The van der Waals surface area contributed by atoms with Gasteiger partial charge in [0.25, 0.3) is 0 Å². The van der Waals surface area contributed by atoms with Crippen LogP contribution in [0.4, 0.5) is 24.5 Å². The summed E-state index contributed by atoms with van der Waals surface area (Å²) in [5.74, 6) is -0.173. The number of benzene rings is 4. The van der Waals surface area contributed by atoms with E-state index in [4.69, 9.17) is 0 Å². The van der Waals surface area contributed by atoms with Crippen LogP contribution in [-0.2, 0) is 21.2 Å². The van der Waals surface area contributed by atoms with E-state index < -0.39 is 17.6 Å². The summed E-state index contributed by atoms with van der Waals surface area (Å²) >= 11 is 3.72. The molecule has 0 fully saturated rings. The van der Waals surface area contributed by atoms with Crippen molar-refractivity contribution in [2.75, 3.05) is 22.1 Å². The molecule has 0 aliphatic carbocycles. The highest BCUT2D eigenvalue weighted by Crippen LogP contribution is 2.36. The van der Waals surface area contributed by atoms with Crippen LogP contribution in [0.1, 0.15) is 31.9 Å². The zero-order valence-corrected chi connectivity index (χ0v) is 29.6. The van der Waals surface area contributed by atoms with Gasteiger partial charge in [-0.3, -0.25) is 14.2 Å². The van der Waals surface area contributed by atoms with E-state index in [9.17, 15) is 22.8 Å². The lowest BCUT2D eigenvalue weighted by atomic mass is 9.87. The van der Waals surface area contributed by atoms with Crippen LogP contribution < -0.4 is 10.6 Å². The molecule has 0 atom stereocenters. The van der Waals surface area contributed by atoms with Gasteiger partial charge in [0.1, 0.15) is 0 Å². The number of rotatable bonds is 10. The quantitative estimate of drug-likeness (QED) is 0.135. The molecule has 6 rings (SSSR count). The van der Waals surface area contributed by atoms with Gasteiger partial charge in [-0.25, -0.2) is 4.98 Å². The molecular weight excluding hydrogens is 702 g/mol. The highest BCUT2D eigenvalue weighted by atomic mass is 32.2. The number of amides is 2. The topological polar surface area (TPSA) is 102 Å². The van der Waals surface area contributed by atoms with Gasteiger partial charge in [0.15, 0.2) is 15.3 Å². The summed E-state index contributed by atoms with van der Waals surface area (Å²) in [5, 5.41) is 14.8. The number of fused-ring (bicyclic) bond motifs is 1. The Labute approximate surface area is 298 Å². The van der Waals surface area contributed by atoms with E-state index >= 15 is 0 Å². The summed E-state index contributed by atoms with van der Waals surface area (Å²) in [7, 11) is 0. The van der Waals surface area contributed by atoms with E-state index in [0.717, 1.165) is 33.8 Å². The second-order valence-corrected chi connectivity index (χ2v) is 15.4. The molecule has 0 bridgehead atoms. The van der Waals surface area contributed by atoms with Gasteiger partial charge in [0.2, 0.25) is 11.8 Å². The van der Waals surface area contributed by atoms with E-state index in [-0.39, 0.29) is 28.5 Å². The number of para-hydroxylation sites is 2. The van der Waals surface area contributed by atoms with E-state index in [1.54, 1.807) is 18.2 Å². The van der Waals surface area contributed by atoms with Crippen LogP contribution in [0.25, 0.3) is 27.3 Å². The highest BCUT2D eigenvalue weighted by Gasteiger charge is 2.33. The molecule has 50 heavy (non-hydrogen) atoms. The molecule has 0 aliphatic rings. The molecule has 6 aromatic rings. The molecule has 4 aromatic carbocycles. The Kier molecular flexibility index (Phi) is 10.3. The van der Waals surface area contributed by atoms with Gasteiger partial charge in [-0.05, 0) is 53.4 Å². The molecule has 0 spiro atoms. The first-order valence-electron chi connectivity index (χ1n) is 15.4. The van der Waals surface area contributed by atoms with Gasteiger partial charge >= 0.3 is 6.18 Å². The Morgan fingerprint density at radius 1 is 0.800 bits per heavy atom. The molecule has 256 valence electrons. The monoisotopic (exact) mass is 732 g/mol. The zero-order chi connectivity index (χ0) is 35.5. The first-order chi connectivity index (χ1) is 23.8. The van der Waals surface area contributed by atoms with Crippen LogP contribution in [0.5, 0.6) is 0 Å². The first-order valence-corrected chi connectivity index (χ1v) is 18.2. The van der Waals surface area contributed by atoms with Crippen LogP contribution in [0.3, 0.4) is 0 Å². The summed E-state index contributed by atoms with van der Waals surface area (Å²) < 4.78 is 43.1. The minimum Gasteiger partial charge on any atom is -0.325 e. The SMILES string of the molecule is CC(C)(C)c1ccc(-c2nnc(SCC(=O)Nc3ccc4nc(SCC(=O)Nc5ccccc5C(F)(F)F)sc4c3)n2-c2ccccc2)cc1. The molecule has 2 aromatic heterocycles. The fourth-order valence-corrected chi connectivity index (χ4v) is 7.66. The number of anilines is 2. The molecule has 2 N–H and O–H groups in total. The molecule has 0 saturated heterocycles. The Morgan fingerprint density at radius 3 is 2.20 bits per heavy atom. The van der Waals surface area contributed by atoms with Crippen molar-refractivity contribution in [3.63, 3.8) is 0 Å². The fraction of sp³-hybridized carbons (Fsp3) is 0.194. The van der Waals surface area contributed by atoms with Crippen LogP contribution >= 0.6 is 34.9 Å². The maximum absolute atomic E-state index is 13.3. The molecule has 0 radical (unpaired) electrons. The Balaban J connectivity index is 1.09. The maximum Gasteiger partial charge on any atom is 0.418 e. The number of nitrogens with one attached hydrogen (secondary N) is 2. The van der Waals surface area contributed by atoms with Crippen molar-refractivity contribution in [3.8, 4) is 17.1 Å². The minimum atomic E-state index is -4.58. The van der Waals surface area contributed by atoms with Gasteiger partial charge in [0, 0.05) is 16.9 Å². The summed E-state index contributed by atoms with van der Waals surface area (Å²) in [6.07, 6.45) is -4.58. The van der Waals surface area contributed by atoms with Crippen LogP contribution in [0.15, 0.2) is 107 Å². The number of carbonyl (C=O) groups excluding carboxylic acids is 2. The maximum atomic E-state index is 13.3. The molecule has 0 saturated carbocycles. The number of thioether (sulfide) groups is 2. The van der Waals surface area contributed by atoms with Crippen molar-refractivity contribution >= 4 is 68.3 Å². The van der Waals surface area contributed by atoms with Gasteiger partial charge in [-0.1, -0.05) is 98.9 Å². The standard InChI is InChI=1S/C36H31F3N6O2S3/c1-35(2,3)23-15-13-22(14-16-23)32-43-44-33(45(32)25-9-5-4-6-10-25)48-20-30(46)40-24-17-18-28-29(19-24)50-34(42-28)49-21-31(47)41-27-12-8-7-11-26(27)36(37,38)39/h4-19H,20-21H2,1-3H3,(H,40,46)(H,41,47). The third-order valence-electron chi connectivity index (χ3n) is 7.48. The summed E-state index contributed by atoms with van der Waals surface area (Å²) in [4.78, 5) is 30.0. The normalized spacial score (nSPS) is 11.9. The Hall–Kier alpha value is -4.66. The number of aromatic nitrogens is 4. The average molecular weight is 733 g/mol. The number of thiazole rings is 1. The number of hydrogen-bond acceptors (Lipinski definition) is 8. The van der Waals surface area contributed by atoms with Crippen LogP contribution in [0, 0.1) is 0 Å². The number of carbonyl (C=O) groups is 2.